The molecular weight excluding hydrogens is 130 g/mol. The fraction of sp³-hybridized carbons (Fsp3) is 1.00. The molecule has 2 nitrogen and oxygen atoms in total. The number of hydrogen-bond donors (Lipinski definition) is 2. The van der Waals surface area contributed by atoms with Gasteiger partial charge in [0.25, 0.3) is 0 Å². The van der Waals surface area contributed by atoms with Crippen LogP contribution >= 0.6 is 0 Å². The average Bonchev–Trinajstić information content (AvgIpc) is 1.63. The van der Waals surface area contributed by atoms with E-state index in [2.05, 4.69) is 12.2 Å². The summed E-state index contributed by atoms with van der Waals surface area (Å²) >= 11 is 0. The second kappa shape index (κ2) is 4.03. The van der Waals surface area contributed by atoms with Crippen LogP contribution in [-0.4, -0.2) is 25.8 Å². The van der Waals surface area contributed by atoms with Crippen molar-refractivity contribution in [1.29, 1.82) is 0 Å². The zero-order valence-electron chi connectivity index (χ0n) is 6.57. The minimum absolute atomic E-state index is 0.820. The molecule has 0 aromatic rings. The fourth-order valence-electron chi connectivity index (χ4n) is 0.571. The molecule has 0 bridgehead atoms. The van der Waals surface area contributed by atoms with E-state index < -0.39 is 8.32 Å². The molecule has 0 aromatic carbocycles. The predicted octanol–water partition coefficient (Wildman–Crippen LogP) is 0.723. The van der Waals surface area contributed by atoms with Crippen molar-refractivity contribution in [1.82, 2.24) is 5.32 Å². The molecule has 0 aliphatic heterocycles. The van der Waals surface area contributed by atoms with Crippen LogP contribution in [0.1, 0.15) is 13.3 Å². The summed E-state index contributed by atoms with van der Waals surface area (Å²) < 4.78 is 0. The molecule has 9 heavy (non-hydrogen) atoms. The Hall–Kier alpha value is 0.137. The van der Waals surface area contributed by atoms with E-state index in [0.717, 1.165) is 19.1 Å². The molecule has 0 unspecified atom stereocenters. The highest BCUT2D eigenvalue weighted by Crippen LogP contribution is 1.91. The Morgan fingerprint density at radius 3 is 2.33 bits per heavy atom. The van der Waals surface area contributed by atoms with E-state index in [9.17, 15) is 4.80 Å². The van der Waals surface area contributed by atoms with E-state index in [0.29, 0.717) is 0 Å². The molecule has 0 saturated heterocycles. The third-order valence-corrected chi connectivity index (χ3v) is 2.10. The van der Waals surface area contributed by atoms with E-state index in [1.54, 1.807) is 0 Å². The van der Waals surface area contributed by atoms with Gasteiger partial charge in [-0.1, -0.05) is 6.92 Å². The van der Waals surface area contributed by atoms with E-state index in [-0.39, 0.29) is 0 Å². The quantitative estimate of drug-likeness (QED) is 0.454. The first-order chi connectivity index (χ1) is 4.06. The zero-order chi connectivity index (χ0) is 7.33. The van der Waals surface area contributed by atoms with Crippen molar-refractivity contribution in [2.45, 2.75) is 26.4 Å². The first-order valence-corrected chi connectivity index (χ1v) is 6.65. The van der Waals surface area contributed by atoms with Crippen LogP contribution in [0.25, 0.3) is 0 Å². The highest BCUT2D eigenvalue weighted by Gasteiger charge is 2.14. The van der Waals surface area contributed by atoms with Crippen LogP contribution in [0.2, 0.25) is 13.1 Å². The standard InChI is InChI=1S/C6H17NOSi/c1-4-5-7-6-9(2,3)8/h7-8H,4-6H2,1-3H3. The third kappa shape index (κ3) is 8.14. The Kier molecular flexibility index (Phi) is 4.09. The van der Waals surface area contributed by atoms with Crippen LogP contribution in [-0.2, 0) is 0 Å². The Balaban J connectivity index is 3.07. The van der Waals surface area contributed by atoms with Crippen LogP contribution in [0, 0.1) is 0 Å². The third-order valence-electron chi connectivity index (χ3n) is 0.984. The molecule has 0 atom stereocenters. The zero-order valence-corrected chi connectivity index (χ0v) is 7.57. The first-order valence-electron chi connectivity index (χ1n) is 3.49. The SMILES string of the molecule is CCCNC[Si](C)(C)O. The van der Waals surface area contributed by atoms with Crippen LogP contribution in [0.3, 0.4) is 0 Å². The smallest absolute Gasteiger partial charge is 0.196 e. The topological polar surface area (TPSA) is 32.3 Å². The number of rotatable bonds is 4. The van der Waals surface area contributed by atoms with Crippen molar-refractivity contribution in [3.8, 4) is 0 Å². The van der Waals surface area contributed by atoms with Gasteiger partial charge in [0.05, 0.1) is 0 Å². The van der Waals surface area contributed by atoms with Crippen LogP contribution < -0.4 is 5.32 Å². The van der Waals surface area contributed by atoms with Gasteiger partial charge < -0.3 is 10.1 Å². The lowest BCUT2D eigenvalue weighted by molar-refractivity contribution is 0.536. The Bertz CT molecular complexity index is 69.9. The van der Waals surface area contributed by atoms with Gasteiger partial charge in [-0.3, -0.25) is 0 Å². The minimum Gasteiger partial charge on any atom is -0.431 e. The summed E-state index contributed by atoms with van der Waals surface area (Å²) in [6, 6.07) is 0. The molecule has 0 rings (SSSR count). The maximum absolute atomic E-state index is 9.32. The van der Waals surface area contributed by atoms with Crippen LogP contribution in [0.15, 0.2) is 0 Å². The van der Waals surface area contributed by atoms with Crippen LogP contribution in [0.5, 0.6) is 0 Å². The summed E-state index contributed by atoms with van der Waals surface area (Å²) in [6.45, 7) is 7.03. The van der Waals surface area contributed by atoms with E-state index in [1.165, 1.54) is 0 Å². The largest absolute Gasteiger partial charge is 0.431 e. The molecule has 0 aromatic heterocycles. The summed E-state index contributed by atoms with van der Waals surface area (Å²) in [5.74, 6) is 0. The van der Waals surface area contributed by atoms with Crippen molar-refractivity contribution in [2.24, 2.45) is 0 Å². The Morgan fingerprint density at radius 1 is 1.44 bits per heavy atom. The van der Waals surface area contributed by atoms with Crippen molar-refractivity contribution in [3.05, 3.63) is 0 Å². The summed E-state index contributed by atoms with van der Waals surface area (Å²) in [6.07, 6.45) is 1.96. The van der Waals surface area contributed by atoms with Crippen molar-refractivity contribution in [2.75, 3.05) is 12.7 Å². The summed E-state index contributed by atoms with van der Waals surface area (Å²) in [5, 5.41) is 3.19. The van der Waals surface area contributed by atoms with Gasteiger partial charge in [-0.2, -0.15) is 0 Å². The molecule has 3 heteroatoms. The summed E-state index contributed by atoms with van der Waals surface area (Å²) in [4.78, 5) is 9.32. The number of nitrogens with one attached hydrogen (secondary N) is 1. The highest BCUT2D eigenvalue weighted by atomic mass is 28.4. The molecular formula is C6H17NOSi. The van der Waals surface area contributed by atoms with Gasteiger partial charge in [0, 0.05) is 6.17 Å². The molecule has 0 aliphatic carbocycles. The maximum atomic E-state index is 9.32. The molecule has 56 valence electrons. The first kappa shape index (κ1) is 9.14. The molecule has 0 amide bonds. The molecule has 0 saturated carbocycles. The van der Waals surface area contributed by atoms with Crippen molar-refractivity contribution >= 4 is 8.32 Å². The molecule has 0 aliphatic rings. The normalized spacial score (nSPS) is 12.0. The van der Waals surface area contributed by atoms with Gasteiger partial charge in [-0.15, -0.1) is 0 Å². The van der Waals surface area contributed by atoms with Gasteiger partial charge in [-0.25, -0.2) is 0 Å². The van der Waals surface area contributed by atoms with Crippen molar-refractivity contribution < 1.29 is 4.80 Å². The average molecular weight is 147 g/mol. The molecule has 0 heterocycles. The van der Waals surface area contributed by atoms with Gasteiger partial charge >= 0.3 is 0 Å². The lowest BCUT2D eigenvalue weighted by Crippen LogP contribution is -2.40. The Labute approximate surface area is 58.4 Å². The monoisotopic (exact) mass is 147 g/mol. The predicted molar refractivity (Wildman–Crippen MR) is 42.9 cm³/mol. The van der Waals surface area contributed by atoms with E-state index >= 15 is 0 Å². The molecule has 2 N–H and O–H groups in total. The van der Waals surface area contributed by atoms with Gasteiger partial charge in [-0.05, 0) is 26.1 Å². The fourth-order valence-corrected chi connectivity index (χ4v) is 1.36. The van der Waals surface area contributed by atoms with Crippen LogP contribution in [0.4, 0.5) is 0 Å². The lowest BCUT2D eigenvalue weighted by atomic mass is 10.5. The molecule has 0 radical (unpaired) electrons. The van der Waals surface area contributed by atoms with E-state index in [1.807, 2.05) is 13.1 Å². The van der Waals surface area contributed by atoms with Crippen molar-refractivity contribution in [3.63, 3.8) is 0 Å². The van der Waals surface area contributed by atoms with Gasteiger partial charge in [0.15, 0.2) is 8.32 Å². The minimum atomic E-state index is -1.81. The summed E-state index contributed by atoms with van der Waals surface area (Å²) in [7, 11) is -1.81. The highest BCUT2D eigenvalue weighted by molar-refractivity contribution is 6.69. The van der Waals surface area contributed by atoms with Gasteiger partial charge in [0.1, 0.15) is 0 Å². The number of hydrogen-bond acceptors (Lipinski definition) is 2. The molecule has 0 fully saturated rings. The lowest BCUT2D eigenvalue weighted by Gasteiger charge is -2.13. The van der Waals surface area contributed by atoms with Gasteiger partial charge in [0.2, 0.25) is 0 Å². The molecule has 0 spiro atoms. The second-order valence-electron chi connectivity index (χ2n) is 2.99. The maximum Gasteiger partial charge on any atom is 0.196 e. The summed E-state index contributed by atoms with van der Waals surface area (Å²) in [5.41, 5.74) is 0. The van der Waals surface area contributed by atoms with E-state index in [4.69, 9.17) is 0 Å². The second-order valence-corrected chi connectivity index (χ2v) is 6.97. The Morgan fingerprint density at radius 2 is 2.00 bits per heavy atom.